The van der Waals surface area contributed by atoms with Crippen LogP contribution >= 0.6 is 12.4 Å². The Bertz CT molecular complexity index is 360. The average Bonchev–Trinajstić information content (AvgIpc) is 2.27. The van der Waals surface area contributed by atoms with Gasteiger partial charge in [-0.1, -0.05) is 13.8 Å². The molecule has 0 saturated carbocycles. The van der Waals surface area contributed by atoms with E-state index < -0.39 is 18.0 Å². The third kappa shape index (κ3) is 3.84. The van der Waals surface area contributed by atoms with E-state index in [1.54, 1.807) is 0 Å². The number of ether oxygens (including phenoxy) is 1. The highest BCUT2D eigenvalue weighted by atomic mass is 35.5. The van der Waals surface area contributed by atoms with Crippen LogP contribution in [0.4, 0.5) is 4.39 Å². The van der Waals surface area contributed by atoms with Crippen LogP contribution in [0.2, 0.25) is 0 Å². The molecule has 0 amide bonds. The van der Waals surface area contributed by atoms with E-state index in [1.165, 1.54) is 25.3 Å². The van der Waals surface area contributed by atoms with Gasteiger partial charge in [-0.15, -0.1) is 12.4 Å². The smallest absolute Gasteiger partial charge is 0.128 e. The zero-order valence-corrected chi connectivity index (χ0v) is 11.0. The minimum atomic E-state index is -0.776. The van der Waals surface area contributed by atoms with Crippen molar-refractivity contribution in [3.05, 3.63) is 29.6 Å². The van der Waals surface area contributed by atoms with Crippen LogP contribution in [0, 0.1) is 11.7 Å². The number of hydrogen-bond donors (Lipinski definition) is 2. The number of halogens is 2. The number of rotatable bonds is 4. The third-order valence-electron chi connectivity index (χ3n) is 2.61. The van der Waals surface area contributed by atoms with Gasteiger partial charge in [-0.2, -0.15) is 0 Å². The van der Waals surface area contributed by atoms with Crippen LogP contribution in [-0.4, -0.2) is 18.3 Å². The first-order valence-electron chi connectivity index (χ1n) is 5.24. The predicted molar refractivity (Wildman–Crippen MR) is 68.0 cm³/mol. The maximum Gasteiger partial charge on any atom is 0.128 e. The highest BCUT2D eigenvalue weighted by Gasteiger charge is 2.23. The number of methoxy groups -OCH3 is 1. The molecule has 0 spiro atoms. The second-order valence-electron chi connectivity index (χ2n) is 4.15. The molecule has 0 heterocycles. The van der Waals surface area contributed by atoms with E-state index in [1.807, 2.05) is 13.8 Å². The van der Waals surface area contributed by atoms with Crippen LogP contribution in [-0.2, 0) is 0 Å². The fraction of sp³-hybridized carbons (Fsp3) is 0.500. The van der Waals surface area contributed by atoms with E-state index in [2.05, 4.69) is 0 Å². The molecule has 0 unspecified atom stereocenters. The van der Waals surface area contributed by atoms with Gasteiger partial charge in [0.15, 0.2) is 0 Å². The van der Waals surface area contributed by atoms with Crippen molar-refractivity contribution < 1.29 is 14.2 Å². The predicted octanol–water partition coefficient (Wildman–Crippen LogP) is 2.27. The highest BCUT2D eigenvalue weighted by Crippen LogP contribution is 2.25. The van der Waals surface area contributed by atoms with Gasteiger partial charge >= 0.3 is 0 Å². The Balaban J connectivity index is 0.00000256. The SMILES string of the molecule is COc1ccc(F)c([C@H](N)[C@H](O)C(C)C)c1.Cl. The minimum Gasteiger partial charge on any atom is -0.497 e. The number of aliphatic hydroxyl groups excluding tert-OH is 1. The Hall–Kier alpha value is -0.840. The third-order valence-corrected chi connectivity index (χ3v) is 2.61. The van der Waals surface area contributed by atoms with E-state index in [4.69, 9.17) is 10.5 Å². The van der Waals surface area contributed by atoms with Gasteiger partial charge in [0, 0.05) is 5.56 Å². The van der Waals surface area contributed by atoms with Gasteiger partial charge in [-0.3, -0.25) is 0 Å². The van der Waals surface area contributed by atoms with Crippen molar-refractivity contribution >= 4 is 12.4 Å². The van der Waals surface area contributed by atoms with E-state index in [0.717, 1.165) is 0 Å². The molecule has 1 aromatic rings. The van der Waals surface area contributed by atoms with Crippen molar-refractivity contribution in [2.45, 2.75) is 26.0 Å². The zero-order chi connectivity index (χ0) is 12.3. The van der Waals surface area contributed by atoms with Crippen LogP contribution in [0.5, 0.6) is 5.75 Å². The molecule has 5 heteroatoms. The van der Waals surface area contributed by atoms with Gasteiger partial charge < -0.3 is 15.6 Å². The summed E-state index contributed by atoms with van der Waals surface area (Å²) in [7, 11) is 1.50. The number of benzene rings is 1. The molecule has 2 atom stereocenters. The fourth-order valence-corrected chi connectivity index (χ4v) is 1.50. The van der Waals surface area contributed by atoms with Crippen molar-refractivity contribution in [3.8, 4) is 5.75 Å². The lowest BCUT2D eigenvalue weighted by Gasteiger charge is -2.23. The summed E-state index contributed by atoms with van der Waals surface area (Å²) in [6, 6.07) is 3.59. The molecular weight excluding hydrogens is 245 g/mol. The summed E-state index contributed by atoms with van der Waals surface area (Å²) in [6.45, 7) is 3.67. The molecule has 0 radical (unpaired) electrons. The second-order valence-corrected chi connectivity index (χ2v) is 4.15. The lowest BCUT2D eigenvalue weighted by molar-refractivity contribution is 0.0965. The van der Waals surface area contributed by atoms with Crippen molar-refractivity contribution in [2.75, 3.05) is 7.11 Å². The molecule has 0 aliphatic rings. The first kappa shape index (κ1) is 16.2. The molecule has 3 nitrogen and oxygen atoms in total. The summed E-state index contributed by atoms with van der Waals surface area (Å²) in [5, 5.41) is 9.80. The Kier molecular flexibility index (Phi) is 6.45. The minimum absolute atomic E-state index is 0. The zero-order valence-electron chi connectivity index (χ0n) is 10.2. The second kappa shape index (κ2) is 6.79. The Morgan fingerprint density at radius 1 is 1.35 bits per heavy atom. The standard InChI is InChI=1S/C12H18FNO2.ClH/c1-7(2)12(15)11(14)9-6-8(16-3)4-5-10(9)13;/h4-7,11-12,15H,14H2,1-3H3;1H/t11-,12+;/m0./s1. The first-order chi connectivity index (χ1) is 7.47. The summed E-state index contributed by atoms with van der Waals surface area (Å²) >= 11 is 0. The summed E-state index contributed by atoms with van der Waals surface area (Å²) in [5.41, 5.74) is 6.10. The normalized spacial score (nSPS) is 14.1. The topological polar surface area (TPSA) is 55.5 Å². The molecule has 3 N–H and O–H groups in total. The molecule has 0 aliphatic carbocycles. The molecule has 0 saturated heterocycles. The van der Waals surface area contributed by atoms with Crippen molar-refractivity contribution in [1.82, 2.24) is 0 Å². The maximum atomic E-state index is 13.5. The summed E-state index contributed by atoms with van der Waals surface area (Å²) in [5.74, 6) is 0.0800. The van der Waals surface area contributed by atoms with Crippen molar-refractivity contribution in [1.29, 1.82) is 0 Å². The van der Waals surface area contributed by atoms with Crippen LogP contribution < -0.4 is 10.5 Å². The van der Waals surface area contributed by atoms with Crippen molar-refractivity contribution in [2.24, 2.45) is 11.7 Å². The van der Waals surface area contributed by atoms with Gasteiger partial charge in [0.05, 0.1) is 19.3 Å². The Labute approximate surface area is 107 Å². The van der Waals surface area contributed by atoms with Gasteiger partial charge in [0.25, 0.3) is 0 Å². The number of aliphatic hydroxyl groups is 1. The van der Waals surface area contributed by atoms with Crippen LogP contribution in [0.25, 0.3) is 0 Å². The molecule has 0 fully saturated rings. The summed E-state index contributed by atoms with van der Waals surface area (Å²) in [4.78, 5) is 0. The quantitative estimate of drug-likeness (QED) is 0.876. The molecule has 0 bridgehead atoms. The van der Waals surface area contributed by atoms with E-state index in [9.17, 15) is 9.50 Å². The largest absolute Gasteiger partial charge is 0.497 e. The Morgan fingerprint density at radius 2 is 1.94 bits per heavy atom. The molecule has 0 aliphatic heterocycles. The summed E-state index contributed by atoms with van der Waals surface area (Å²) < 4.78 is 18.5. The van der Waals surface area contributed by atoms with E-state index in [0.29, 0.717) is 5.75 Å². The molecule has 98 valence electrons. The summed E-state index contributed by atoms with van der Waals surface area (Å²) in [6.07, 6.45) is -0.776. The van der Waals surface area contributed by atoms with Gasteiger partial charge in [0.2, 0.25) is 0 Å². The molecule has 17 heavy (non-hydrogen) atoms. The lowest BCUT2D eigenvalue weighted by atomic mass is 9.94. The maximum absolute atomic E-state index is 13.5. The molecule has 0 aromatic heterocycles. The number of nitrogens with two attached hydrogens (primary N) is 1. The monoisotopic (exact) mass is 263 g/mol. The molecular formula is C12H19ClFNO2. The lowest BCUT2D eigenvalue weighted by Crippen LogP contribution is -2.31. The molecule has 1 aromatic carbocycles. The van der Waals surface area contributed by atoms with Gasteiger partial charge in [-0.05, 0) is 24.1 Å². The highest BCUT2D eigenvalue weighted by molar-refractivity contribution is 5.85. The number of hydrogen-bond acceptors (Lipinski definition) is 3. The fourth-order valence-electron chi connectivity index (χ4n) is 1.50. The van der Waals surface area contributed by atoms with Crippen LogP contribution in [0.1, 0.15) is 25.5 Å². The van der Waals surface area contributed by atoms with Gasteiger partial charge in [0.1, 0.15) is 11.6 Å². The van der Waals surface area contributed by atoms with E-state index in [-0.39, 0.29) is 23.9 Å². The van der Waals surface area contributed by atoms with Crippen molar-refractivity contribution in [3.63, 3.8) is 0 Å². The van der Waals surface area contributed by atoms with Crippen LogP contribution in [0.3, 0.4) is 0 Å². The van der Waals surface area contributed by atoms with Gasteiger partial charge in [-0.25, -0.2) is 4.39 Å². The average molecular weight is 264 g/mol. The molecule has 1 rings (SSSR count). The van der Waals surface area contributed by atoms with Crippen LogP contribution in [0.15, 0.2) is 18.2 Å². The first-order valence-corrected chi connectivity index (χ1v) is 5.24. The Morgan fingerprint density at radius 3 is 2.41 bits per heavy atom. The van der Waals surface area contributed by atoms with E-state index >= 15 is 0 Å².